The second-order valence-electron chi connectivity index (χ2n) is 4.79. The highest BCUT2D eigenvalue weighted by atomic mass is 32.2. The molecular formula is C13H26S. The van der Waals surface area contributed by atoms with Crippen molar-refractivity contribution in [1.82, 2.24) is 0 Å². The van der Waals surface area contributed by atoms with E-state index in [1.165, 1.54) is 6.42 Å². The molecule has 0 rings (SSSR count). The van der Waals surface area contributed by atoms with Gasteiger partial charge in [-0.3, -0.25) is 0 Å². The zero-order valence-electron chi connectivity index (χ0n) is 10.7. The molecule has 84 valence electrons. The van der Waals surface area contributed by atoms with E-state index in [0.29, 0.717) is 10.7 Å². The maximum absolute atomic E-state index is 3.96. The molecular weight excluding hydrogens is 188 g/mol. The van der Waals surface area contributed by atoms with Gasteiger partial charge in [0.2, 0.25) is 0 Å². The summed E-state index contributed by atoms with van der Waals surface area (Å²) in [5.41, 5.74) is 0. The summed E-state index contributed by atoms with van der Waals surface area (Å²) < 4.78 is 0.605. The molecule has 0 aromatic heterocycles. The van der Waals surface area contributed by atoms with Crippen molar-refractivity contribution in [2.24, 2.45) is 5.92 Å². The summed E-state index contributed by atoms with van der Waals surface area (Å²) in [6.07, 6.45) is 4.48. The van der Waals surface area contributed by atoms with Gasteiger partial charge in [-0.15, -0.1) is 18.3 Å². The Hall–Kier alpha value is 0.0900. The highest BCUT2D eigenvalue weighted by Crippen LogP contribution is 2.45. The second-order valence-corrected chi connectivity index (χ2v) is 6.86. The third kappa shape index (κ3) is 3.34. The van der Waals surface area contributed by atoms with Crippen LogP contribution >= 0.6 is 11.8 Å². The quantitative estimate of drug-likeness (QED) is 0.567. The first-order valence-electron chi connectivity index (χ1n) is 5.67. The van der Waals surface area contributed by atoms with Crippen LogP contribution in [0.15, 0.2) is 12.7 Å². The minimum absolute atomic E-state index is 0.231. The Balaban J connectivity index is 4.67. The predicted octanol–water partition coefficient (Wildman–Crippen LogP) is 4.90. The van der Waals surface area contributed by atoms with Crippen LogP contribution in [-0.2, 0) is 0 Å². The van der Waals surface area contributed by atoms with Crippen molar-refractivity contribution in [1.29, 1.82) is 0 Å². The van der Waals surface area contributed by atoms with Crippen LogP contribution in [0.1, 0.15) is 54.4 Å². The van der Waals surface area contributed by atoms with Crippen molar-refractivity contribution in [3.63, 3.8) is 0 Å². The van der Waals surface area contributed by atoms with E-state index in [0.717, 1.165) is 6.42 Å². The smallest absolute Gasteiger partial charge is 0.0311 e. The lowest BCUT2D eigenvalue weighted by Crippen LogP contribution is -2.33. The lowest BCUT2D eigenvalue weighted by Gasteiger charge is -2.39. The third-order valence-electron chi connectivity index (χ3n) is 3.52. The Kier molecular flexibility index (Phi) is 5.28. The molecule has 0 heterocycles. The first kappa shape index (κ1) is 14.1. The lowest BCUT2D eigenvalue weighted by molar-refractivity contribution is 0.450. The number of thioether (sulfide) groups is 1. The molecule has 0 aliphatic rings. The van der Waals surface area contributed by atoms with E-state index in [2.05, 4.69) is 66.0 Å². The summed E-state index contributed by atoms with van der Waals surface area (Å²) in [4.78, 5) is 0. The van der Waals surface area contributed by atoms with Gasteiger partial charge in [0.25, 0.3) is 0 Å². The molecule has 0 aromatic rings. The van der Waals surface area contributed by atoms with E-state index in [9.17, 15) is 0 Å². The normalized spacial score (nSPS) is 20.2. The molecule has 2 atom stereocenters. The number of hydrogen-bond donors (Lipinski definition) is 0. The summed E-state index contributed by atoms with van der Waals surface area (Å²) in [5, 5.41) is 0. The fraction of sp³-hybridized carbons (Fsp3) is 0.846. The van der Waals surface area contributed by atoms with E-state index in [4.69, 9.17) is 0 Å². The molecule has 0 nitrogen and oxygen atoms in total. The Labute approximate surface area is 94.6 Å². The summed E-state index contributed by atoms with van der Waals surface area (Å²) in [6.45, 7) is 17.8. The molecule has 0 saturated heterocycles. The molecule has 0 aliphatic heterocycles. The minimum Gasteiger partial charge on any atom is -0.145 e. The van der Waals surface area contributed by atoms with Crippen molar-refractivity contribution in [3.05, 3.63) is 12.7 Å². The first-order chi connectivity index (χ1) is 6.33. The van der Waals surface area contributed by atoms with Crippen LogP contribution in [0, 0.1) is 5.92 Å². The second kappa shape index (κ2) is 5.25. The van der Waals surface area contributed by atoms with Gasteiger partial charge in [-0.2, -0.15) is 0 Å². The van der Waals surface area contributed by atoms with Gasteiger partial charge >= 0.3 is 0 Å². The molecule has 0 radical (unpaired) electrons. The fourth-order valence-corrected chi connectivity index (χ4v) is 3.06. The maximum atomic E-state index is 3.96. The van der Waals surface area contributed by atoms with Crippen LogP contribution in [0.2, 0.25) is 0 Å². The van der Waals surface area contributed by atoms with Gasteiger partial charge in [0, 0.05) is 9.49 Å². The zero-order chi connectivity index (χ0) is 11.4. The van der Waals surface area contributed by atoms with Crippen LogP contribution in [-0.4, -0.2) is 9.49 Å². The highest BCUT2D eigenvalue weighted by Gasteiger charge is 2.34. The summed E-state index contributed by atoms with van der Waals surface area (Å²) >= 11 is 2.08. The van der Waals surface area contributed by atoms with Crippen molar-refractivity contribution in [2.75, 3.05) is 0 Å². The van der Waals surface area contributed by atoms with Crippen LogP contribution in [0.5, 0.6) is 0 Å². The average molecular weight is 214 g/mol. The molecule has 0 aliphatic carbocycles. The molecule has 0 fully saturated rings. The molecule has 0 bridgehead atoms. The standard InChI is InChI=1S/C13H26S/c1-8-12(6,9-2)14-13(7,10-3)11(4)5/h8,11H,1,9-10H2,2-7H3. The largest absolute Gasteiger partial charge is 0.145 e. The van der Waals surface area contributed by atoms with E-state index in [1.807, 2.05) is 0 Å². The first-order valence-corrected chi connectivity index (χ1v) is 6.49. The van der Waals surface area contributed by atoms with Crippen LogP contribution in [0.3, 0.4) is 0 Å². The molecule has 0 amide bonds. The van der Waals surface area contributed by atoms with Crippen molar-refractivity contribution in [2.45, 2.75) is 63.9 Å². The topological polar surface area (TPSA) is 0 Å². The Morgan fingerprint density at radius 2 is 1.71 bits per heavy atom. The SMILES string of the molecule is C=CC(C)(CC)SC(C)(CC)C(C)C. The van der Waals surface area contributed by atoms with Crippen LogP contribution in [0.4, 0.5) is 0 Å². The van der Waals surface area contributed by atoms with Gasteiger partial charge in [0.05, 0.1) is 0 Å². The van der Waals surface area contributed by atoms with Gasteiger partial charge in [0.15, 0.2) is 0 Å². The number of hydrogen-bond acceptors (Lipinski definition) is 1. The van der Waals surface area contributed by atoms with Crippen molar-refractivity contribution in [3.8, 4) is 0 Å². The van der Waals surface area contributed by atoms with Crippen LogP contribution in [0.25, 0.3) is 0 Å². The average Bonchev–Trinajstić information content (AvgIpc) is 2.17. The summed E-state index contributed by atoms with van der Waals surface area (Å²) in [7, 11) is 0. The molecule has 2 unspecified atom stereocenters. The maximum Gasteiger partial charge on any atom is 0.0311 e. The van der Waals surface area contributed by atoms with Gasteiger partial charge in [-0.05, 0) is 25.7 Å². The molecule has 1 heteroatoms. The van der Waals surface area contributed by atoms with E-state index < -0.39 is 0 Å². The fourth-order valence-electron chi connectivity index (χ4n) is 1.39. The minimum atomic E-state index is 0.231. The Morgan fingerprint density at radius 3 is 1.93 bits per heavy atom. The van der Waals surface area contributed by atoms with Crippen LogP contribution < -0.4 is 0 Å². The lowest BCUT2D eigenvalue weighted by atomic mass is 9.94. The van der Waals surface area contributed by atoms with Crippen molar-refractivity contribution < 1.29 is 0 Å². The van der Waals surface area contributed by atoms with Gasteiger partial charge in [0.1, 0.15) is 0 Å². The molecule has 0 N–H and O–H groups in total. The van der Waals surface area contributed by atoms with E-state index in [1.54, 1.807) is 0 Å². The Morgan fingerprint density at radius 1 is 1.21 bits per heavy atom. The summed E-state index contributed by atoms with van der Waals surface area (Å²) in [6, 6.07) is 0. The molecule has 0 saturated carbocycles. The molecule has 0 spiro atoms. The van der Waals surface area contributed by atoms with E-state index >= 15 is 0 Å². The van der Waals surface area contributed by atoms with Gasteiger partial charge in [-0.25, -0.2) is 0 Å². The number of rotatable bonds is 6. The summed E-state index contributed by atoms with van der Waals surface area (Å²) in [5.74, 6) is 0.711. The monoisotopic (exact) mass is 214 g/mol. The van der Waals surface area contributed by atoms with E-state index in [-0.39, 0.29) is 4.75 Å². The van der Waals surface area contributed by atoms with Gasteiger partial charge in [-0.1, -0.05) is 40.7 Å². The zero-order valence-corrected chi connectivity index (χ0v) is 11.5. The Bertz CT molecular complexity index is 186. The van der Waals surface area contributed by atoms with Crippen molar-refractivity contribution >= 4 is 11.8 Å². The van der Waals surface area contributed by atoms with Gasteiger partial charge < -0.3 is 0 Å². The molecule has 14 heavy (non-hydrogen) atoms. The highest BCUT2D eigenvalue weighted by molar-refractivity contribution is 8.02. The third-order valence-corrected chi connectivity index (χ3v) is 5.67. The predicted molar refractivity (Wildman–Crippen MR) is 70.0 cm³/mol. The molecule has 0 aromatic carbocycles.